The highest BCUT2D eigenvalue weighted by atomic mass is 19.3. The number of fused-ring (bicyclic) bond motifs is 1. The average molecular weight is 384 g/mol. The number of carbonyl (C=O) groups is 1. The van der Waals surface area contributed by atoms with Gasteiger partial charge in [0.2, 0.25) is 0 Å². The van der Waals surface area contributed by atoms with Crippen LogP contribution in [0.3, 0.4) is 0 Å². The molecule has 5 nitrogen and oxygen atoms in total. The van der Waals surface area contributed by atoms with Crippen molar-refractivity contribution < 1.29 is 23.0 Å². The summed E-state index contributed by atoms with van der Waals surface area (Å²) < 4.78 is 34.7. The lowest BCUT2D eigenvalue weighted by atomic mass is 10.1. The van der Waals surface area contributed by atoms with Gasteiger partial charge in [-0.15, -0.1) is 0 Å². The molecule has 1 aromatic heterocycles. The minimum Gasteiger partial charge on any atom is -0.493 e. The first-order valence-electron chi connectivity index (χ1n) is 8.89. The highest BCUT2D eigenvalue weighted by Crippen LogP contribution is 2.40. The zero-order valence-corrected chi connectivity index (χ0v) is 15.1. The minimum atomic E-state index is -3.00. The lowest BCUT2D eigenvalue weighted by Gasteiger charge is -2.13. The fraction of sp³-hybridized carbons (Fsp3) is 0.238. The number of carbonyl (C=O) groups excluding carboxylic acids is 1. The van der Waals surface area contributed by atoms with Gasteiger partial charge in [0.1, 0.15) is 0 Å². The lowest BCUT2D eigenvalue weighted by molar-refractivity contribution is -0.0511. The van der Waals surface area contributed by atoms with Crippen LogP contribution in [-0.2, 0) is 0 Å². The third kappa shape index (κ3) is 3.74. The Kier molecular flexibility index (Phi) is 4.81. The van der Waals surface area contributed by atoms with Gasteiger partial charge >= 0.3 is 6.61 Å². The standard InChI is InChI=1S/C21H18F2N2O3/c1-27-18-9-8-13(10-19(18)28-21(22)23)24-20(26)15-11-17(12-6-7-12)25-16-5-3-2-4-14(15)16/h2-5,8-12,21H,6-7H2,1H3,(H,24,26). The maximum Gasteiger partial charge on any atom is 0.387 e. The van der Waals surface area contributed by atoms with Gasteiger partial charge < -0.3 is 14.8 Å². The molecule has 2 aromatic carbocycles. The third-order valence-corrected chi connectivity index (χ3v) is 4.61. The highest BCUT2D eigenvalue weighted by molar-refractivity contribution is 6.12. The second kappa shape index (κ2) is 7.42. The Labute approximate surface area is 160 Å². The van der Waals surface area contributed by atoms with Crippen molar-refractivity contribution in [1.29, 1.82) is 0 Å². The summed E-state index contributed by atoms with van der Waals surface area (Å²) in [6, 6.07) is 13.6. The molecule has 0 unspecified atom stereocenters. The zero-order valence-electron chi connectivity index (χ0n) is 15.1. The normalized spacial score (nSPS) is 13.6. The molecular weight excluding hydrogens is 366 g/mol. The number of halogens is 2. The van der Waals surface area contributed by atoms with Gasteiger partial charge in [0.25, 0.3) is 5.91 Å². The van der Waals surface area contributed by atoms with Gasteiger partial charge in [-0.1, -0.05) is 18.2 Å². The Hall–Kier alpha value is -3.22. The quantitative estimate of drug-likeness (QED) is 0.652. The van der Waals surface area contributed by atoms with Crippen molar-refractivity contribution in [3.8, 4) is 11.5 Å². The Morgan fingerprint density at radius 2 is 1.93 bits per heavy atom. The molecular formula is C21H18F2N2O3. The summed E-state index contributed by atoms with van der Waals surface area (Å²) in [6.07, 6.45) is 2.14. The zero-order chi connectivity index (χ0) is 19.7. The van der Waals surface area contributed by atoms with E-state index < -0.39 is 6.61 Å². The van der Waals surface area contributed by atoms with E-state index in [1.807, 2.05) is 30.3 Å². The van der Waals surface area contributed by atoms with Crippen molar-refractivity contribution in [3.63, 3.8) is 0 Å². The number of rotatable bonds is 6. The monoisotopic (exact) mass is 384 g/mol. The van der Waals surface area contributed by atoms with Gasteiger partial charge in [-0.25, -0.2) is 0 Å². The summed E-state index contributed by atoms with van der Waals surface area (Å²) in [6.45, 7) is -3.00. The number of para-hydroxylation sites is 1. The second-order valence-corrected chi connectivity index (χ2v) is 6.58. The predicted molar refractivity (Wildman–Crippen MR) is 101 cm³/mol. The fourth-order valence-electron chi connectivity index (χ4n) is 3.11. The van der Waals surface area contributed by atoms with Crippen LogP contribution < -0.4 is 14.8 Å². The average Bonchev–Trinajstić information content (AvgIpc) is 3.52. The van der Waals surface area contributed by atoms with Crippen LogP contribution in [-0.4, -0.2) is 24.6 Å². The van der Waals surface area contributed by atoms with Crippen LogP contribution in [0.25, 0.3) is 10.9 Å². The van der Waals surface area contributed by atoms with Gasteiger partial charge in [-0.3, -0.25) is 9.78 Å². The van der Waals surface area contributed by atoms with Gasteiger partial charge in [0.15, 0.2) is 11.5 Å². The van der Waals surface area contributed by atoms with Gasteiger partial charge in [0.05, 0.1) is 18.2 Å². The van der Waals surface area contributed by atoms with Crippen LogP contribution in [0.5, 0.6) is 11.5 Å². The second-order valence-electron chi connectivity index (χ2n) is 6.58. The van der Waals surface area contributed by atoms with Crippen molar-refractivity contribution in [2.75, 3.05) is 12.4 Å². The molecule has 1 saturated carbocycles. The molecule has 0 saturated heterocycles. The van der Waals surface area contributed by atoms with E-state index in [1.54, 1.807) is 6.07 Å². The lowest BCUT2D eigenvalue weighted by Crippen LogP contribution is -2.14. The van der Waals surface area contributed by atoms with Crippen molar-refractivity contribution >= 4 is 22.5 Å². The number of amides is 1. The molecule has 7 heteroatoms. The summed E-state index contributed by atoms with van der Waals surface area (Å²) in [7, 11) is 1.36. The van der Waals surface area contributed by atoms with Gasteiger partial charge in [-0.05, 0) is 37.1 Å². The number of benzene rings is 2. The first-order valence-corrected chi connectivity index (χ1v) is 8.89. The molecule has 1 aliphatic carbocycles. The number of alkyl halides is 2. The van der Waals surface area contributed by atoms with Gasteiger partial charge in [-0.2, -0.15) is 8.78 Å². The third-order valence-electron chi connectivity index (χ3n) is 4.61. The van der Waals surface area contributed by atoms with Crippen LogP contribution >= 0.6 is 0 Å². The fourth-order valence-corrected chi connectivity index (χ4v) is 3.11. The van der Waals surface area contributed by atoms with Crippen molar-refractivity contribution in [1.82, 2.24) is 4.98 Å². The van der Waals surface area contributed by atoms with E-state index in [-0.39, 0.29) is 17.4 Å². The maximum atomic E-state index is 13.0. The molecule has 1 heterocycles. The number of ether oxygens (including phenoxy) is 2. The molecule has 0 spiro atoms. The van der Waals surface area contributed by atoms with Gasteiger partial charge in [0, 0.05) is 28.8 Å². The first-order chi connectivity index (χ1) is 13.5. The summed E-state index contributed by atoms with van der Waals surface area (Å²) in [5, 5.41) is 3.49. The summed E-state index contributed by atoms with van der Waals surface area (Å²) in [4.78, 5) is 17.6. The Bertz CT molecular complexity index is 1040. The summed E-state index contributed by atoms with van der Waals surface area (Å²) >= 11 is 0. The molecule has 0 bridgehead atoms. The molecule has 144 valence electrons. The smallest absolute Gasteiger partial charge is 0.387 e. The van der Waals surface area contributed by atoms with E-state index in [0.29, 0.717) is 17.2 Å². The Morgan fingerprint density at radius 3 is 2.64 bits per heavy atom. The highest BCUT2D eigenvalue weighted by Gasteiger charge is 2.27. The van der Waals surface area contributed by atoms with E-state index in [4.69, 9.17) is 4.74 Å². The molecule has 0 atom stereocenters. The molecule has 1 N–H and O–H groups in total. The molecule has 1 aliphatic rings. The minimum absolute atomic E-state index is 0.145. The van der Waals surface area contributed by atoms with Crippen LogP contribution in [0.1, 0.15) is 34.8 Å². The molecule has 28 heavy (non-hydrogen) atoms. The molecule has 3 aromatic rings. The Morgan fingerprint density at radius 1 is 1.14 bits per heavy atom. The number of pyridine rings is 1. The molecule has 1 amide bonds. The predicted octanol–water partition coefficient (Wildman–Crippen LogP) is 4.97. The number of nitrogens with zero attached hydrogens (tertiary/aromatic N) is 1. The number of hydrogen-bond acceptors (Lipinski definition) is 4. The topological polar surface area (TPSA) is 60.5 Å². The molecule has 4 rings (SSSR count). The molecule has 0 aliphatic heterocycles. The Balaban J connectivity index is 1.67. The molecule has 1 fully saturated rings. The number of nitrogens with one attached hydrogen (secondary N) is 1. The summed E-state index contributed by atoms with van der Waals surface area (Å²) in [5.41, 5.74) is 2.49. The van der Waals surface area contributed by atoms with E-state index >= 15 is 0 Å². The van der Waals surface area contributed by atoms with E-state index in [0.717, 1.165) is 29.4 Å². The van der Waals surface area contributed by atoms with Crippen LogP contribution in [0.15, 0.2) is 48.5 Å². The van der Waals surface area contributed by atoms with E-state index in [9.17, 15) is 13.6 Å². The van der Waals surface area contributed by atoms with Crippen LogP contribution in [0.2, 0.25) is 0 Å². The maximum absolute atomic E-state index is 13.0. The van der Waals surface area contributed by atoms with E-state index in [2.05, 4.69) is 15.0 Å². The van der Waals surface area contributed by atoms with E-state index in [1.165, 1.54) is 19.2 Å². The number of hydrogen-bond donors (Lipinski definition) is 1. The van der Waals surface area contributed by atoms with Crippen molar-refractivity contribution in [2.45, 2.75) is 25.4 Å². The first kappa shape index (κ1) is 18.2. The number of methoxy groups -OCH3 is 1. The van der Waals surface area contributed by atoms with Crippen molar-refractivity contribution in [2.24, 2.45) is 0 Å². The number of anilines is 1. The van der Waals surface area contributed by atoms with Crippen LogP contribution in [0.4, 0.5) is 14.5 Å². The number of aromatic nitrogens is 1. The largest absolute Gasteiger partial charge is 0.493 e. The summed E-state index contributed by atoms with van der Waals surface area (Å²) in [5.74, 6) is 0.0640. The van der Waals surface area contributed by atoms with Crippen LogP contribution in [0, 0.1) is 0 Å². The molecule has 0 radical (unpaired) electrons. The van der Waals surface area contributed by atoms with Crippen molar-refractivity contribution in [3.05, 3.63) is 59.8 Å². The SMILES string of the molecule is COc1ccc(NC(=O)c2cc(C3CC3)nc3ccccc23)cc1OC(F)F.